The third-order valence-corrected chi connectivity index (χ3v) is 3.29. The van der Waals surface area contributed by atoms with Gasteiger partial charge in [-0.05, 0) is 11.8 Å². The number of Topliss-reactive ketones (excluding diaryl/α,β-unsaturated/α-hetero) is 1. The van der Waals surface area contributed by atoms with Crippen LogP contribution in [0, 0.1) is 11.8 Å². The van der Waals surface area contributed by atoms with Gasteiger partial charge in [-0.1, -0.05) is 27.7 Å². The fraction of sp³-hybridized carbons (Fsp3) is 0.812. The van der Waals surface area contributed by atoms with E-state index in [0.717, 1.165) is 5.32 Å². The van der Waals surface area contributed by atoms with E-state index >= 15 is 0 Å². The number of hydrogen-bond acceptors (Lipinski definition) is 4. The van der Waals surface area contributed by atoms with Gasteiger partial charge in [0.1, 0.15) is 0 Å². The molecule has 0 saturated carbocycles. The Hall–Kier alpha value is -1.88. The summed E-state index contributed by atoms with van der Waals surface area (Å²) in [7, 11) is 0. The second-order valence-electron chi connectivity index (χ2n) is 7.02. The highest BCUT2D eigenvalue weighted by molar-refractivity contribution is 5.94. The topological polar surface area (TPSA) is 72.5 Å². The maximum absolute atomic E-state index is 13.5. The Morgan fingerprint density at radius 2 is 1.36 bits per heavy atom. The first-order valence-electron chi connectivity index (χ1n) is 8.25. The van der Waals surface area contributed by atoms with Gasteiger partial charge in [0.2, 0.25) is 0 Å². The van der Waals surface area contributed by atoms with Crippen molar-refractivity contribution in [3.63, 3.8) is 0 Å². The van der Waals surface area contributed by atoms with Crippen LogP contribution in [0.25, 0.3) is 0 Å². The number of halogens is 7. The molecule has 12 heteroatoms. The summed E-state index contributed by atoms with van der Waals surface area (Å²) in [6.45, 7) is 6.27. The molecule has 28 heavy (non-hydrogen) atoms. The summed E-state index contributed by atoms with van der Waals surface area (Å²) in [6, 6.07) is -2.04. The first-order valence-corrected chi connectivity index (χ1v) is 8.25. The van der Waals surface area contributed by atoms with E-state index in [1.807, 2.05) is 0 Å². The van der Waals surface area contributed by atoms with Crippen molar-refractivity contribution in [2.24, 2.45) is 11.8 Å². The highest BCUT2D eigenvalue weighted by Crippen LogP contribution is 2.46. The second-order valence-corrected chi connectivity index (χ2v) is 7.02. The lowest BCUT2D eigenvalue weighted by Gasteiger charge is -2.28. The third kappa shape index (κ3) is 6.93. The largest absolute Gasteiger partial charge is 0.465 e. The molecule has 0 saturated heterocycles. The molecule has 0 bridgehead atoms. The molecule has 0 aromatic carbocycles. The van der Waals surface area contributed by atoms with E-state index in [1.165, 1.54) is 13.8 Å². The maximum atomic E-state index is 13.5. The molecule has 0 spiro atoms. The van der Waals surface area contributed by atoms with Crippen molar-refractivity contribution in [2.75, 3.05) is 6.61 Å². The van der Waals surface area contributed by atoms with Crippen molar-refractivity contribution in [3.05, 3.63) is 0 Å². The highest BCUT2D eigenvalue weighted by atomic mass is 19.4. The predicted octanol–water partition coefficient (Wildman–Crippen LogP) is 3.51. The number of ketones is 1. The van der Waals surface area contributed by atoms with Crippen LogP contribution < -0.4 is 5.32 Å². The Balaban J connectivity index is 5.49. The molecule has 0 fully saturated rings. The fourth-order valence-corrected chi connectivity index (χ4v) is 1.84. The summed E-state index contributed by atoms with van der Waals surface area (Å²) in [5.41, 5.74) is 0. The molecule has 0 aromatic rings. The van der Waals surface area contributed by atoms with E-state index in [2.05, 4.69) is 0 Å². The van der Waals surface area contributed by atoms with Gasteiger partial charge in [0, 0.05) is 6.42 Å². The standard InChI is InChI=1S/C16H22F7NO4/c1-8(2)5-11(25)10(6-12(26)28-7-9(3)4)24-13(27)14(17,18)15(19,20)16(21,22)23/h8-10H,5-7H2,1-4H3,(H,24,27). The monoisotopic (exact) mass is 425 g/mol. The summed E-state index contributed by atoms with van der Waals surface area (Å²) >= 11 is 0. The van der Waals surface area contributed by atoms with Crippen LogP contribution in [-0.2, 0) is 19.1 Å². The number of nitrogens with one attached hydrogen (secondary N) is 1. The summed E-state index contributed by atoms with van der Waals surface area (Å²) in [4.78, 5) is 35.2. The molecule has 0 aliphatic carbocycles. The molecular weight excluding hydrogens is 403 g/mol. The van der Waals surface area contributed by atoms with Gasteiger partial charge in [-0.3, -0.25) is 14.4 Å². The molecule has 0 aliphatic rings. The molecule has 0 aliphatic heterocycles. The molecule has 0 aromatic heterocycles. The predicted molar refractivity (Wildman–Crippen MR) is 82.8 cm³/mol. The van der Waals surface area contributed by atoms with Crippen LogP contribution in [0.1, 0.15) is 40.5 Å². The Labute approximate surface area is 157 Å². The van der Waals surface area contributed by atoms with Gasteiger partial charge in [-0.15, -0.1) is 0 Å². The minimum atomic E-state index is -6.71. The summed E-state index contributed by atoms with van der Waals surface area (Å²) in [6.07, 6.45) is -8.04. The summed E-state index contributed by atoms with van der Waals surface area (Å²) < 4.78 is 94.2. The van der Waals surface area contributed by atoms with E-state index in [4.69, 9.17) is 4.74 Å². The molecule has 0 rings (SSSR count). The summed E-state index contributed by atoms with van der Waals surface area (Å²) in [5, 5.41) is 1.14. The molecule has 0 radical (unpaired) electrons. The number of carbonyl (C=O) groups is 3. The first-order chi connectivity index (χ1) is 12.4. The minimum absolute atomic E-state index is 0.111. The number of ether oxygens (including phenoxy) is 1. The number of alkyl halides is 7. The van der Waals surface area contributed by atoms with Gasteiger partial charge in [0.15, 0.2) is 5.78 Å². The highest BCUT2D eigenvalue weighted by Gasteiger charge is 2.76. The number of amides is 1. The average molecular weight is 425 g/mol. The van der Waals surface area contributed by atoms with Crippen LogP contribution in [0.2, 0.25) is 0 Å². The number of esters is 1. The van der Waals surface area contributed by atoms with Gasteiger partial charge < -0.3 is 10.1 Å². The van der Waals surface area contributed by atoms with Crippen molar-refractivity contribution in [2.45, 2.75) is 64.6 Å². The molecule has 5 nitrogen and oxygen atoms in total. The van der Waals surface area contributed by atoms with E-state index in [-0.39, 0.29) is 24.9 Å². The van der Waals surface area contributed by atoms with Gasteiger partial charge in [0.25, 0.3) is 5.91 Å². The van der Waals surface area contributed by atoms with Crippen LogP contribution in [-0.4, -0.2) is 48.3 Å². The molecule has 164 valence electrons. The van der Waals surface area contributed by atoms with Crippen LogP contribution in [0.15, 0.2) is 0 Å². The smallest absolute Gasteiger partial charge is 0.460 e. The lowest BCUT2D eigenvalue weighted by molar-refractivity contribution is -0.344. The lowest BCUT2D eigenvalue weighted by atomic mass is 9.99. The van der Waals surface area contributed by atoms with Gasteiger partial charge >= 0.3 is 24.0 Å². The normalized spacial score (nSPS) is 14.2. The van der Waals surface area contributed by atoms with Gasteiger partial charge in [-0.25, -0.2) is 0 Å². The fourth-order valence-electron chi connectivity index (χ4n) is 1.84. The second kappa shape index (κ2) is 9.55. The zero-order valence-electron chi connectivity index (χ0n) is 15.6. The minimum Gasteiger partial charge on any atom is -0.465 e. The van der Waals surface area contributed by atoms with Crippen LogP contribution in [0.3, 0.4) is 0 Å². The van der Waals surface area contributed by atoms with Crippen LogP contribution in [0.5, 0.6) is 0 Å². The Morgan fingerprint density at radius 1 is 0.857 bits per heavy atom. The maximum Gasteiger partial charge on any atom is 0.460 e. The lowest BCUT2D eigenvalue weighted by Crippen LogP contribution is -2.61. The van der Waals surface area contributed by atoms with Crippen LogP contribution in [0.4, 0.5) is 30.7 Å². The van der Waals surface area contributed by atoms with Crippen molar-refractivity contribution in [3.8, 4) is 0 Å². The zero-order valence-corrected chi connectivity index (χ0v) is 15.6. The van der Waals surface area contributed by atoms with Crippen molar-refractivity contribution in [1.29, 1.82) is 0 Å². The molecular formula is C16H22F7NO4. The quantitative estimate of drug-likeness (QED) is 0.430. The molecule has 1 unspecified atom stereocenters. The Bertz CT molecular complexity index is 574. The van der Waals surface area contributed by atoms with E-state index in [9.17, 15) is 45.1 Å². The van der Waals surface area contributed by atoms with Gasteiger partial charge in [0.05, 0.1) is 19.1 Å². The van der Waals surface area contributed by atoms with Crippen molar-refractivity contribution in [1.82, 2.24) is 5.32 Å². The van der Waals surface area contributed by atoms with Crippen molar-refractivity contribution < 1.29 is 49.9 Å². The SMILES string of the molecule is CC(C)COC(=O)CC(NC(=O)C(F)(F)C(F)(F)C(F)(F)F)C(=O)CC(C)C. The third-order valence-electron chi connectivity index (χ3n) is 3.29. The Kier molecular flexibility index (Phi) is 8.91. The zero-order chi connectivity index (χ0) is 22.5. The van der Waals surface area contributed by atoms with E-state index in [0.29, 0.717) is 0 Å². The number of rotatable bonds is 10. The van der Waals surface area contributed by atoms with E-state index < -0.39 is 48.1 Å². The number of hydrogen-bond donors (Lipinski definition) is 1. The molecule has 0 heterocycles. The first kappa shape index (κ1) is 26.1. The Morgan fingerprint density at radius 3 is 1.75 bits per heavy atom. The van der Waals surface area contributed by atoms with Crippen molar-refractivity contribution >= 4 is 17.7 Å². The van der Waals surface area contributed by atoms with Gasteiger partial charge in [-0.2, -0.15) is 30.7 Å². The number of carbonyl (C=O) groups excluding carboxylic acids is 3. The van der Waals surface area contributed by atoms with Crippen LogP contribution >= 0.6 is 0 Å². The molecule has 1 atom stereocenters. The summed E-state index contributed by atoms with van der Waals surface area (Å²) in [5.74, 6) is -18.5. The molecule has 1 N–H and O–H groups in total. The average Bonchev–Trinajstić information content (AvgIpc) is 2.50. The van der Waals surface area contributed by atoms with E-state index in [1.54, 1.807) is 13.8 Å². The molecule has 1 amide bonds.